The van der Waals surface area contributed by atoms with Gasteiger partial charge in [-0.3, -0.25) is 4.79 Å². The van der Waals surface area contributed by atoms with Gasteiger partial charge in [0.25, 0.3) is 0 Å². The first kappa shape index (κ1) is 18.3. The number of rotatable bonds is 3. The molecule has 6 heteroatoms. The highest BCUT2D eigenvalue weighted by Crippen LogP contribution is 2.47. The number of methoxy groups -OCH3 is 2. The average molecular weight is 381 g/mol. The number of hydrogen-bond acceptors (Lipinski definition) is 5. The van der Waals surface area contributed by atoms with E-state index in [4.69, 9.17) is 9.47 Å². The summed E-state index contributed by atoms with van der Waals surface area (Å²) >= 11 is 0. The minimum Gasteiger partial charge on any atom is -0.509 e. The molecule has 1 aliphatic heterocycles. The lowest BCUT2D eigenvalue weighted by Gasteiger charge is -2.42. The lowest BCUT2D eigenvalue weighted by atomic mass is 9.75. The van der Waals surface area contributed by atoms with E-state index in [1.54, 1.807) is 7.11 Å². The number of carbonyl (C=O) groups excluding carboxylic acids is 2. The van der Waals surface area contributed by atoms with Gasteiger partial charge in [-0.1, -0.05) is 31.4 Å². The molecule has 28 heavy (non-hydrogen) atoms. The Balaban J connectivity index is 1.92. The van der Waals surface area contributed by atoms with Crippen molar-refractivity contribution in [3.05, 3.63) is 53.6 Å². The summed E-state index contributed by atoms with van der Waals surface area (Å²) in [5.74, 6) is -0.731. The molecule has 2 aliphatic rings. The van der Waals surface area contributed by atoms with Gasteiger partial charge in [0.2, 0.25) is 5.78 Å². The Morgan fingerprint density at radius 3 is 2.36 bits per heavy atom. The normalized spacial score (nSPS) is 18.1. The fourth-order valence-corrected chi connectivity index (χ4v) is 4.50. The number of benzene rings is 1. The maximum atomic E-state index is 13.3. The van der Waals surface area contributed by atoms with Gasteiger partial charge in [0.1, 0.15) is 22.6 Å². The van der Waals surface area contributed by atoms with Crippen LogP contribution in [0.15, 0.2) is 47.9 Å². The van der Waals surface area contributed by atoms with Crippen molar-refractivity contribution in [1.82, 2.24) is 4.57 Å². The molecule has 0 saturated heterocycles. The van der Waals surface area contributed by atoms with E-state index in [2.05, 4.69) is 0 Å². The van der Waals surface area contributed by atoms with Gasteiger partial charge in [0.05, 0.1) is 19.9 Å². The summed E-state index contributed by atoms with van der Waals surface area (Å²) in [6.07, 6.45) is 6.11. The molecule has 1 aliphatic carbocycles. The second-order valence-corrected chi connectivity index (χ2v) is 7.31. The van der Waals surface area contributed by atoms with Crippen LogP contribution in [0.5, 0.6) is 5.75 Å². The van der Waals surface area contributed by atoms with E-state index in [1.807, 2.05) is 41.1 Å². The van der Waals surface area contributed by atoms with E-state index in [0.717, 1.165) is 36.1 Å². The van der Waals surface area contributed by atoms with Crippen LogP contribution in [0.3, 0.4) is 0 Å². The van der Waals surface area contributed by atoms with Crippen molar-refractivity contribution in [1.29, 1.82) is 0 Å². The van der Waals surface area contributed by atoms with E-state index in [1.165, 1.54) is 7.11 Å². The molecule has 0 amide bonds. The summed E-state index contributed by atoms with van der Waals surface area (Å²) in [6, 6.07) is 9.30. The van der Waals surface area contributed by atoms with Crippen LogP contribution in [0.1, 0.15) is 42.6 Å². The van der Waals surface area contributed by atoms with Crippen molar-refractivity contribution in [3.63, 3.8) is 0 Å². The van der Waals surface area contributed by atoms with E-state index < -0.39 is 17.3 Å². The zero-order chi connectivity index (χ0) is 19.9. The van der Waals surface area contributed by atoms with Gasteiger partial charge in [-0.2, -0.15) is 0 Å². The van der Waals surface area contributed by atoms with Crippen LogP contribution in [0.4, 0.5) is 0 Å². The first-order chi connectivity index (χ1) is 13.5. The number of esters is 1. The summed E-state index contributed by atoms with van der Waals surface area (Å²) in [5.41, 5.74) is 0.983. The Bertz CT molecular complexity index is 961. The van der Waals surface area contributed by atoms with Crippen LogP contribution in [0, 0.1) is 0 Å². The van der Waals surface area contributed by atoms with E-state index in [-0.39, 0.29) is 11.3 Å². The molecule has 6 nitrogen and oxygen atoms in total. The number of aliphatic hydroxyl groups excluding tert-OH is 1. The molecule has 0 atom stereocenters. The third-order valence-corrected chi connectivity index (χ3v) is 5.94. The van der Waals surface area contributed by atoms with Crippen molar-refractivity contribution in [2.24, 2.45) is 0 Å². The second kappa shape index (κ2) is 6.86. The highest BCUT2D eigenvalue weighted by molar-refractivity contribution is 6.26. The maximum absolute atomic E-state index is 13.3. The largest absolute Gasteiger partial charge is 0.509 e. The number of ketones is 1. The number of nitrogens with zero attached hydrogens (tertiary/aromatic N) is 1. The van der Waals surface area contributed by atoms with Crippen molar-refractivity contribution in [2.75, 3.05) is 14.2 Å². The highest BCUT2D eigenvalue weighted by Gasteiger charge is 2.49. The van der Waals surface area contributed by atoms with E-state index >= 15 is 0 Å². The second-order valence-electron chi connectivity index (χ2n) is 7.31. The monoisotopic (exact) mass is 381 g/mol. The number of ether oxygens (including phenoxy) is 2. The standard InChI is InChI=1S/C22H23NO5/c1-27-15-8-6-14(7-9-15)16-10-13-23-18(16)19(24)17(21(26)28-2)20(25)22(23)11-4-3-5-12-22/h6-10,13,25H,3-5,11-12H2,1-2H3. The van der Waals surface area contributed by atoms with E-state index in [0.29, 0.717) is 18.5 Å². The molecule has 2 aromatic rings. The molecule has 0 bridgehead atoms. The van der Waals surface area contributed by atoms with E-state index in [9.17, 15) is 14.7 Å². The molecule has 1 aromatic carbocycles. The van der Waals surface area contributed by atoms with Crippen molar-refractivity contribution in [3.8, 4) is 16.9 Å². The number of Topliss-reactive ketones (excluding diaryl/α,β-unsaturated/α-hetero) is 1. The van der Waals surface area contributed by atoms with Gasteiger partial charge in [0.15, 0.2) is 0 Å². The van der Waals surface area contributed by atoms with Crippen molar-refractivity contribution >= 4 is 11.8 Å². The van der Waals surface area contributed by atoms with Gasteiger partial charge in [-0.15, -0.1) is 0 Å². The first-order valence-corrected chi connectivity index (χ1v) is 9.46. The van der Waals surface area contributed by atoms with Gasteiger partial charge < -0.3 is 19.1 Å². The average Bonchev–Trinajstić information content (AvgIpc) is 3.19. The smallest absolute Gasteiger partial charge is 0.345 e. The quantitative estimate of drug-likeness (QED) is 0.642. The number of hydrogen-bond donors (Lipinski definition) is 1. The Kier molecular flexibility index (Phi) is 4.49. The van der Waals surface area contributed by atoms with Crippen molar-refractivity contribution < 1.29 is 24.2 Å². The van der Waals surface area contributed by atoms with Crippen LogP contribution >= 0.6 is 0 Å². The number of allylic oxidation sites excluding steroid dienone is 1. The fourth-order valence-electron chi connectivity index (χ4n) is 4.50. The minimum atomic E-state index is -0.791. The number of aliphatic hydroxyl groups is 1. The molecule has 146 valence electrons. The van der Waals surface area contributed by atoms with Gasteiger partial charge >= 0.3 is 5.97 Å². The predicted octanol–water partition coefficient (Wildman–Crippen LogP) is 4.00. The number of aromatic nitrogens is 1. The number of fused-ring (bicyclic) bond motifs is 2. The fraction of sp³-hybridized carbons (Fsp3) is 0.364. The zero-order valence-corrected chi connectivity index (χ0v) is 16.0. The summed E-state index contributed by atoms with van der Waals surface area (Å²) in [6.45, 7) is 0. The minimum absolute atomic E-state index is 0.159. The predicted molar refractivity (Wildman–Crippen MR) is 103 cm³/mol. The molecule has 0 radical (unpaired) electrons. The maximum Gasteiger partial charge on any atom is 0.345 e. The molecule has 1 N–H and O–H groups in total. The SMILES string of the molecule is COC(=O)C1=C(O)C2(CCCCC2)n2ccc(-c3ccc(OC)cc3)c2C1=O. The molecular weight excluding hydrogens is 358 g/mol. The van der Waals surface area contributed by atoms with Gasteiger partial charge in [-0.05, 0) is 36.6 Å². The molecule has 1 fully saturated rings. The Labute approximate surface area is 163 Å². The van der Waals surface area contributed by atoms with Crippen LogP contribution in [-0.4, -0.2) is 35.6 Å². The number of carbonyl (C=O) groups is 2. The molecule has 1 saturated carbocycles. The molecular formula is C22H23NO5. The lowest BCUT2D eigenvalue weighted by molar-refractivity contribution is -0.136. The lowest BCUT2D eigenvalue weighted by Crippen LogP contribution is -2.45. The van der Waals surface area contributed by atoms with Gasteiger partial charge in [0, 0.05) is 11.8 Å². The molecule has 0 unspecified atom stereocenters. The molecule has 4 rings (SSSR count). The van der Waals surface area contributed by atoms with Crippen LogP contribution in [-0.2, 0) is 15.1 Å². The summed E-state index contributed by atoms with van der Waals surface area (Å²) in [5, 5.41) is 11.0. The van der Waals surface area contributed by atoms with Crippen LogP contribution < -0.4 is 4.74 Å². The molecule has 1 aromatic heterocycles. The first-order valence-electron chi connectivity index (χ1n) is 9.46. The highest BCUT2D eigenvalue weighted by atomic mass is 16.5. The summed E-state index contributed by atoms with van der Waals surface area (Å²) in [4.78, 5) is 25.7. The topological polar surface area (TPSA) is 77.8 Å². The third-order valence-electron chi connectivity index (χ3n) is 5.94. The molecule has 2 heterocycles. The Morgan fingerprint density at radius 1 is 1.07 bits per heavy atom. The Morgan fingerprint density at radius 2 is 1.75 bits per heavy atom. The summed E-state index contributed by atoms with van der Waals surface area (Å²) in [7, 11) is 2.82. The molecule has 1 spiro atoms. The Hall–Kier alpha value is -3.02. The van der Waals surface area contributed by atoms with Crippen molar-refractivity contribution in [2.45, 2.75) is 37.6 Å². The zero-order valence-electron chi connectivity index (χ0n) is 16.0. The van der Waals surface area contributed by atoms with Crippen LogP contribution in [0.25, 0.3) is 11.1 Å². The summed E-state index contributed by atoms with van der Waals surface area (Å²) < 4.78 is 11.9. The third kappa shape index (κ3) is 2.55. The van der Waals surface area contributed by atoms with Crippen LogP contribution in [0.2, 0.25) is 0 Å². The van der Waals surface area contributed by atoms with Gasteiger partial charge in [-0.25, -0.2) is 4.79 Å².